The number of rotatable bonds is 4. The van der Waals surface area contributed by atoms with Gasteiger partial charge >= 0.3 is 0 Å². The van der Waals surface area contributed by atoms with Gasteiger partial charge in [0.1, 0.15) is 0 Å². The lowest BCUT2D eigenvalue weighted by molar-refractivity contribution is 0.0624. The monoisotopic (exact) mass is 228 g/mol. The van der Waals surface area contributed by atoms with E-state index >= 15 is 0 Å². The summed E-state index contributed by atoms with van der Waals surface area (Å²) < 4.78 is 5.76. The third kappa shape index (κ3) is 3.68. The van der Waals surface area contributed by atoms with Crippen LogP contribution in [0.1, 0.15) is 32.6 Å². The standard InChI is InChI=1S/C11H20N2OS/c1-9-8-13-11(15-9)12-6-7-14-10-4-2-3-5-10/h9-10H,2-8H2,1H3,(H,12,13). The van der Waals surface area contributed by atoms with E-state index in [1.807, 2.05) is 11.8 Å². The second-order valence-corrected chi connectivity index (χ2v) is 5.71. The van der Waals surface area contributed by atoms with Crippen molar-refractivity contribution in [2.45, 2.75) is 44.0 Å². The van der Waals surface area contributed by atoms with Crippen LogP contribution in [-0.2, 0) is 4.74 Å². The summed E-state index contributed by atoms with van der Waals surface area (Å²) in [6.07, 6.45) is 5.74. The largest absolute Gasteiger partial charge is 0.376 e. The second-order valence-electron chi connectivity index (χ2n) is 4.28. The molecule has 1 heterocycles. The Morgan fingerprint density at radius 1 is 1.47 bits per heavy atom. The summed E-state index contributed by atoms with van der Waals surface area (Å²) in [5, 5.41) is 5.06. The molecule has 2 rings (SSSR count). The molecular weight excluding hydrogens is 208 g/mol. The van der Waals surface area contributed by atoms with Crippen LogP contribution in [0.25, 0.3) is 0 Å². The lowest BCUT2D eigenvalue weighted by atomic mass is 10.3. The van der Waals surface area contributed by atoms with Gasteiger partial charge in [-0.15, -0.1) is 0 Å². The molecule has 0 spiro atoms. The predicted molar refractivity (Wildman–Crippen MR) is 65.6 cm³/mol. The van der Waals surface area contributed by atoms with Gasteiger partial charge in [-0.2, -0.15) is 0 Å². The number of amidine groups is 1. The zero-order valence-corrected chi connectivity index (χ0v) is 10.2. The van der Waals surface area contributed by atoms with E-state index in [1.165, 1.54) is 25.7 Å². The van der Waals surface area contributed by atoms with Gasteiger partial charge < -0.3 is 10.1 Å². The molecule has 0 aromatic carbocycles. The number of aliphatic imine (C=N–C) groups is 1. The van der Waals surface area contributed by atoms with Gasteiger partial charge in [0, 0.05) is 11.8 Å². The second kappa shape index (κ2) is 5.75. The average molecular weight is 228 g/mol. The zero-order chi connectivity index (χ0) is 10.5. The minimum Gasteiger partial charge on any atom is -0.376 e. The van der Waals surface area contributed by atoms with Crippen LogP contribution in [0.2, 0.25) is 0 Å². The molecule has 3 nitrogen and oxygen atoms in total. The third-order valence-corrected chi connectivity index (χ3v) is 3.89. The molecule has 0 radical (unpaired) electrons. The van der Waals surface area contributed by atoms with Gasteiger partial charge in [0.05, 0.1) is 19.3 Å². The van der Waals surface area contributed by atoms with E-state index < -0.39 is 0 Å². The van der Waals surface area contributed by atoms with Crippen molar-refractivity contribution >= 4 is 16.9 Å². The first-order valence-electron chi connectivity index (χ1n) is 5.91. The number of hydrogen-bond acceptors (Lipinski definition) is 4. The molecule has 0 aromatic heterocycles. The van der Waals surface area contributed by atoms with Gasteiger partial charge in [-0.3, -0.25) is 4.99 Å². The molecular formula is C11H20N2OS. The van der Waals surface area contributed by atoms with Crippen LogP contribution >= 0.6 is 11.8 Å². The topological polar surface area (TPSA) is 33.6 Å². The molecule has 1 saturated carbocycles. The van der Waals surface area contributed by atoms with Crippen molar-refractivity contribution in [1.29, 1.82) is 0 Å². The normalized spacial score (nSPS) is 27.0. The maximum atomic E-state index is 5.76. The summed E-state index contributed by atoms with van der Waals surface area (Å²) in [7, 11) is 0. The Hall–Kier alpha value is -0.220. The maximum absolute atomic E-state index is 5.76. The van der Waals surface area contributed by atoms with Gasteiger partial charge in [-0.1, -0.05) is 31.5 Å². The first-order valence-corrected chi connectivity index (χ1v) is 6.79. The summed E-state index contributed by atoms with van der Waals surface area (Å²) in [6.45, 7) is 4.88. The molecule has 4 heteroatoms. The van der Waals surface area contributed by atoms with Crippen LogP contribution in [0.15, 0.2) is 4.99 Å². The van der Waals surface area contributed by atoms with Crippen molar-refractivity contribution in [2.24, 2.45) is 4.99 Å². The van der Waals surface area contributed by atoms with Crippen molar-refractivity contribution < 1.29 is 4.74 Å². The summed E-state index contributed by atoms with van der Waals surface area (Å²) in [6, 6.07) is 0. The van der Waals surface area contributed by atoms with E-state index in [2.05, 4.69) is 17.2 Å². The van der Waals surface area contributed by atoms with Crippen molar-refractivity contribution in [3.8, 4) is 0 Å². The van der Waals surface area contributed by atoms with E-state index in [4.69, 9.17) is 4.74 Å². The number of thioether (sulfide) groups is 1. The van der Waals surface area contributed by atoms with Gasteiger partial charge in [0.2, 0.25) is 0 Å². The molecule has 15 heavy (non-hydrogen) atoms. The molecule has 1 aliphatic carbocycles. The Bertz CT molecular complexity index is 227. The summed E-state index contributed by atoms with van der Waals surface area (Å²) >= 11 is 1.83. The summed E-state index contributed by atoms with van der Waals surface area (Å²) in [4.78, 5) is 4.40. The predicted octanol–water partition coefficient (Wildman–Crippen LogP) is 2.03. The lowest BCUT2D eigenvalue weighted by Gasteiger charge is -2.11. The Morgan fingerprint density at radius 3 is 2.93 bits per heavy atom. The number of ether oxygens (including phenoxy) is 1. The fourth-order valence-corrected chi connectivity index (χ4v) is 2.88. The van der Waals surface area contributed by atoms with Gasteiger partial charge in [0.25, 0.3) is 0 Å². The fourth-order valence-electron chi connectivity index (χ4n) is 2.01. The van der Waals surface area contributed by atoms with Crippen molar-refractivity contribution in [1.82, 2.24) is 5.32 Å². The van der Waals surface area contributed by atoms with Gasteiger partial charge in [-0.25, -0.2) is 0 Å². The Balaban J connectivity index is 1.51. The fraction of sp³-hybridized carbons (Fsp3) is 0.909. The van der Waals surface area contributed by atoms with E-state index in [-0.39, 0.29) is 0 Å². The van der Waals surface area contributed by atoms with E-state index in [0.717, 1.165) is 24.9 Å². The highest BCUT2D eigenvalue weighted by atomic mass is 32.2. The Kier molecular flexibility index (Phi) is 4.32. The highest BCUT2D eigenvalue weighted by molar-refractivity contribution is 8.14. The molecule has 2 aliphatic rings. The number of nitrogens with zero attached hydrogens (tertiary/aromatic N) is 1. The Morgan fingerprint density at radius 2 is 2.27 bits per heavy atom. The highest BCUT2D eigenvalue weighted by Crippen LogP contribution is 2.21. The molecule has 0 bridgehead atoms. The lowest BCUT2D eigenvalue weighted by Crippen LogP contribution is -2.25. The zero-order valence-electron chi connectivity index (χ0n) is 9.37. The van der Waals surface area contributed by atoms with E-state index in [0.29, 0.717) is 11.4 Å². The van der Waals surface area contributed by atoms with Crippen molar-refractivity contribution in [3.05, 3.63) is 0 Å². The Labute approximate surface area is 96.1 Å². The molecule has 0 aromatic rings. The minimum atomic E-state index is 0.531. The molecule has 1 atom stereocenters. The molecule has 1 fully saturated rings. The first-order chi connectivity index (χ1) is 7.34. The molecule has 1 unspecified atom stereocenters. The molecule has 1 N–H and O–H groups in total. The van der Waals surface area contributed by atoms with Crippen LogP contribution < -0.4 is 5.32 Å². The molecule has 0 saturated heterocycles. The van der Waals surface area contributed by atoms with E-state index in [9.17, 15) is 0 Å². The first kappa shape index (κ1) is 11.3. The maximum Gasteiger partial charge on any atom is 0.156 e. The van der Waals surface area contributed by atoms with Crippen molar-refractivity contribution in [2.75, 3.05) is 19.7 Å². The van der Waals surface area contributed by atoms with Crippen LogP contribution in [0.3, 0.4) is 0 Å². The number of nitrogens with one attached hydrogen (secondary N) is 1. The quantitative estimate of drug-likeness (QED) is 0.748. The smallest absolute Gasteiger partial charge is 0.156 e. The van der Waals surface area contributed by atoms with Crippen molar-refractivity contribution in [3.63, 3.8) is 0 Å². The van der Waals surface area contributed by atoms with Crippen LogP contribution in [0, 0.1) is 0 Å². The SMILES string of the molecule is CC1CN=C(NCCOC2CCCC2)S1. The molecule has 86 valence electrons. The summed E-state index contributed by atoms with van der Waals surface area (Å²) in [5.41, 5.74) is 0. The molecule has 0 amide bonds. The van der Waals surface area contributed by atoms with E-state index in [1.54, 1.807) is 0 Å². The average Bonchev–Trinajstić information content (AvgIpc) is 2.84. The van der Waals surface area contributed by atoms with Crippen LogP contribution in [0.5, 0.6) is 0 Å². The van der Waals surface area contributed by atoms with Gasteiger partial charge in [-0.05, 0) is 12.8 Å². The van der Waals surface area contributed by atoms with Crippen LogP contribution in [0.4, 0.5) is 0 Å². The van der Waals surface area contributed by atoms with Gasteiger partial charge in [0.15, 0.2) is 5.17 Å². The highest BCUT2D eigenvalue weighted by Gasteiger charge is 2.16. The third-order valence-electron chi connectivity index (χ3n) is 2.84. The minimum absolute atomic E-state index is 0.531. The molecule has 1 aliphatic heterocycles. The summed E-state index contributed by atoms with van der Waals surface area (Å²) in [5.74, 6) is 0. The van der Waals surface area contributed by atoms with Crippen LogP contribution in [-0.4, -0.2) is 36.2 Å². The number of hydrogen-bond donors (Lipinski definition) is 1.